The van der Waals surface area contributed by atoms with Gasteiger partial charge in [0.15, 0.2) is 0 Å². The number of carbonyl (C=O) groups excluding carboxylic acids is 1. The van der Waals surface area contributed by atoms with Crippen molar-refractivity contribution in [2.45, 2.75) is 31.4 Å². The summed E-state index contributed by atoms with van der Waals surface area (Å²) in [6.45, 7) is 2.52. The van der Waals surface area contributed by atoms with Gasteiger partial charge < -0.3 is 19.5 Å². The molecule has 2 atom stereocenters. The maximum absolute atomic E-state index is 13.0. The van der Waals surface area contributed by atoms with Crippen LogP contribution < -0.4 is 4.74 Å². The van der Waals surface area contributed by atoms with Crippen molar-refractivity contribution in [2.75, 3.05) is 20.3 Å². The SMILES string of the molecule is COc1ccc(-c2ccc([C@H](C)N3CC[C@](CCO)(c4ccccc4)OC3=O)cc2)cn1. The van der Waals surface area contributed by atoms with Crippen molar-refractivity contribution in [2.24, 2.45) is 0 Å². The average molecular weight is 433 g/mol. The highest BCUT2D eigenvalue weighted by molar-refractivity contribution is 5.70. The van der Waals surface area contributed by atoms with Crippen LogP contribution in [-0.2, 0) is 10.3 Å². The summed E-state index contributed by atoms with van der Waals surface area (Å²) < 4.78 is 11.1. The molecule has 6 heteroatoms. The number of aliphatic hydroxyl groups excluding tert-OH is 1. The minimum Gasteiger partial charge on any atom is -0.481 e. The molecule has 4 rings (SSSR count). The second kappa shape index (κ2) is 9.40. The van der Waals surface area contributed by atoms with Crippen LogP contribution in [0.4, 0.5) is 4.79 Å². The van der Waals surface area contributed by atoms with Crippen LogP contribution in [0.25, 0.3) is 11.1 Å². The topological polar surface area (TPSA) is 71.9 Å². The first-order chi connectivity index (χ1) is 15.6. The fraction of sp³-hybridized carbons (Fsp3) is 0.308. The van der Waals surface area contributed by atoms with E-state index in [1.807, 2.05) is 73.7 Å². The third-order valence-electron chi connectivity index (χ3n) is 6.23. The van der Waals surface area contributed by atoms with Crippen LogP contribution >= 0.6 is 0 Å². The molecule has 6 nitrogen and oxygen atoms in total. The van der Waals surface area contributed by atoms with Gasteiger partial charge in [0.1, 0.15) is 5.60 Å². The van der Waals surface area contributed by atoms with Gasteiger partial charge in [0.05, 0.1) is 13.2 Å². The molecule has 1 aromatic heterocycles. The largest absolute Gasteiger partial charge is 0.481 e. The number of amides is 1. The fourth-order valence-electron chi connectivity index (χ4n) is 4.27. The number of rotatable bonds is 7. The van der Waals surface area contributed by atoms with Crippen molar-refractivity contribution < 1.29 is 19.4 Å². The Morgan fingerprint density at radius 3 is 2.41 bits per heavy atom. The van der Waals surface area contributed by atoms with E-state index in [4.69, 9.17) is 9.47 Å². The summed E-state index contributed by atoms with van der Waals surface area (Å²) in [5.74, 6) is 0.579. The van der Waals surface area contributed by atoms with Crippen LogP contribution in [0.5, 0.6) is 5.88 Å². The van der Waals surface area contributed by atoms with Gasteiger partial charge in [-0.1, -0.05) is 54.6 Å². The highest BCUT2D eigenvalue weighted by Gasteiger charge is 2.43. The maximum Gasteiger partial charge on any atom is 0.411 e. The molecule has 1 aliphatic heterocycles. The van der Waals surface area contributed by atoms with E-state index < -0.39 is 5.60 Å². The molecule has 0 saturated carbocycles. The van der Waals surface area contributed by atoms with E-state index in [0.29, 0.717) is 25.3 Å². The number of hydrogen-bond donors (Lipinski definition) is 1. The third kappa shape index (κ3) is 4.32. The number of hydrogen-bond acceptors (Lipinski definition) is 5. The van der Waals surface area contributed by atoms with Crippen LogP contribution in [0.1, 0.15) is 36.9 Å². The van der Waals surface area contributed by atoms with Gasteiger partial charge in [-0.2, -0.15) is 0 Å². The molecule has 3 aromatic rings. The Kier molecular flexibility index (Phi) is 6.42. The Balaban J connectivity index is 1.49. The molecule has 1 fully saturated rings. The third-order valence-corrected chi connectivity index (χ3v) is 6.23. The molecule has 2 aromatic carbocycles. The second-order valence-corrected chi connectivity index (χ2v) is 8.03. The van der Waals surface area contributed by atoms with Crippen LogP contribution in [0.3, 0.4) is 0 Å². The van der Waals surface area contributed by atoms with E-state index in [-0.39, 0.29) is 18.7 Å². The first-order valence-electron chi connectivity index (χ1n) is 10.8. The fourth-order valence-corrected chi connectivity index (χ4v) is 4.27. The molecule has 1 aliphatic rings. The summed E-state index contributed by atoms with van der Waals surface area (Å²) in [4.78, 5) is 19.0. The van der Waals surface area contributed by atoms with E-state index in [0.717, 1.165) is 22.3 Å². The maximum atomic E-state index is 13.0. The summed E-state index contributed by atoms with van der Waals surface area (Å²) in [6.07, 6.45) is 2.44. The molecule has 0 radical (unpaired) electrons. The summed E-state index contributed by atoms with van der Waals surface area (Å²) in [5, 5.41) is 9.62. The summed E-state index contributed by atoms with van der Waals surface area (Å²) >= 11 is 0. The van der Waals surface area contributed by atoms with Gasteiger partial charge in [-0.05, 0) is 29.7 Å². The zero-order valence-corrected chi connectivity index (χ0v) is 18.4. The predicted octanol–water partition coefficient (Wildman–Crippen LogP) is 4.94. The second-order valence-electron chi connectivity index (χ2n) is 8.03. The van der Waals surface area contributed by atoms with Crippen LogP contribution in [-0.4, -0.2) is 41.3 Å². The summed E-state index contributed by atoms with van der Waals surface area (Å²) in [7, 11) is 1.59. The van der Waals surface area contributed by atoms with Crippen LogP contribution in [0, 0.1) is 0 Å². The molecule has 2 heterocycles. The minimum atomic E-state index is -0.783. The number of aromatic nitrogens is 1. The quantitative estimate of drug-likeness (QED) is 0.573. The van der Waals surface area contributed by atoms with Gasteiger partial charge in [-0.3, -0.25) is 0 Å². The van der Waals surface area contributed by atoms with Gasteiger partial charge in [-0.25, -0.2) is 9.78 Å². The highest BCUT2D eigenvalue weighted by atomic mass is 16.6. The van der Waals surface area contributed by atoms with Crippen molar-refractivity contribution in [3.63, 3.8) is 0 Å². The van der Waals surface area contributed by atoms with E-state index in [1.165, 1.54) is 0 Å². The van der Waals surface area contributed by atoms with Gasteiger partial charge in [-0.15, -0.1) is 0 Å². The highest BCUT2D eigenvalue weighted by Crippen LogP contribution is 2.39. The summed E-state index contributed by atoms with van der Waals surface area (Å²) in [5.41, 5.74) is 3.21. The monoisotopic (exact) mass is 432 g/mol. The number of pyridine rings is 1. The lowest BCUT2D eigenvalue weighted by Crippen LogP contribution is -2.49. The predicted molar refractivity (Wildman–Crippen MR) is 122 cm³/mol. The Morgan fingerprint density at radius 1 is 1.09 bits per heavy atom. The lowest BCUT2D eigenvalue weighted by atomic mass is 9.85. The lowest BCUT2D eigenvalue weighted by Gasteiger charge is -2.43. The van der Waals surface area contributed by atoms with E-state index >= 15 is 0 Å². The number of methoxy groups -OCH3 is 1. The van der Waals surface area contributed by atoms with Crippen molar-refractivity contribution >= 4 is 6.09 Å². The Hall–Kier alpha value is -3.38. The number of nitrogens with zero attached hydrogens (tertiary/aromatic N) is 2. The van der Waals surface area contributed by atoms with Crippen molar-refractivity contribution in [3.8, 4) is 17.0 Å². The van der Waals surface area contributed by atoms with Gasteiger partial charge in [0.25, 0.3) is 0 Å². The van der Waals surface area contributed by atoms with Crippen molar-refractivity contribution in [1.82, 2.24) is 9.88 Å². The smallest absolute Gasteiger partial charge is 0.411 e. The van der Waals surface area contributed by atoms with E-state index in [1.54, 1.807) is 18.2 Å². The molecule has 1 saturated heterocycles. The molecule has 0 spiro atoms. The number of ether oxygens (including phenoxy) is 2. The molecule has 1 amide bonds. The van der Waals surface area contributed by atoms with E-state index in [2.05, 4.69) is 4.98 Å². The van der Waals surface area contributed by atoms with Gasteiger partial charge in [0, 0.05) is 43.8 Å². The lowest BCUT2D eigenvalue weighted by molar-refractivity contribution is -0.0718. The van der Waals surface area contributed by atoms with E-state index in [9.17, 15) is 9.90 Å². The normalized spacial score (nSPS) is 19.3. The first-order valence-corrected chi connectivity index (χ1v) is 10.8. The molecule has 166 valence electrons. The molecular weight excluding hydrogens is 404 g/mol. The summed E-state index contributed by atoms with van der Waals surface area (Å²) in [6, 6.07) is 21.5. The Morgan fingerprint density at radius 2 is 1.81 bits per heavy atom. The molecule has 0 unspecified atom stereocenters. The number of benzene rings is 2. The standard InChI is InChI=1S/C26H28N2O4/c1-19(20-8-10-21(11-9-20)22-12-13-24(31-2)27-18-22)28-16-14-26(15-17-29,32-25(28)30)23-6-4-3-5-7-23/h3-13,18-19,29H,14-17H2,1-2H3/t19-,26-/m0/s1. The van der Waals surface area contributed by atoms with Crippen molar-refractivity contribution in [3.05, 3.63) is 84.1 Å². The van der Waals surface area contributed by atoms with Gasteiger partial charge >= 0.3 is 6.09 Å². The van der Waals surface area contributed by atoms with Gasteiger partial charge in [0.2, 0.25) is 5.88 Å². The van der Waals surface area contributed by atoms with Crippen LogP contribution in [0.2, 0.25) is 0 Å². The Labute approximate surface area is 188 Å². The molecular formula is C26H28N2O4. The van der Waals surface area contributed by atoms with Crippen molar-refractivity contribution in [1.29, 1.82) is 0 Å². The molecule has 0 aliphatic carbocycles. The zero-order valence-electron chi connectivity index (χ0n) is 18.4. The molecule has 0 bridgehead atoms. The number of aliphatic hydroxyl groups is 1. The molecule has 32 heavy (non-hydrogen) atoms. The minimum absolute atomic E-state index is 0.0423. The zero-order chi connectivity index (χ0) is 22.6. The molecule has 1 N–H and O–H groups in total. The average Bonchev–Trinajstić information content (AvgIpc) is 2.85. The number of carbonyl (C=O) groups is 1. The Bertz CT molecular complexity index is 1040. The first kappa shape index (κ1) is 21.8. The van der Waals surface area contributed by atoms with Crippen LogP contribution in [0.15, 0.2) is 72.9 Å². The number of cyclic esters (lactones) is 1.